The minimum atomic E-state index is 0.301. The topological polar surface area (TPSA) is 51.4 Å². The highest BCUT2D eigenvalue weighted by atomic mass is 16.5. The first-order chi connectivity index (χ1) is 9.80. The third kappa shape index (κ3) is 3.49. The van der Waals surface area contributed by atoms with E-state index in [1.807, 2.05) is 12.3 Å². The molecule has 2 aliphatic rings. The monoisotopic (exact) mass is 275 g/mol. The smallest absolute Gasteiger partial charge is 0.212 e. The Morgan fingerprint density at radius 1 is 1.25 bits per heavy atom. The fourth-order valence-electron chi connectivity index (χ4n) is 2.80. The van der Waals surface area contributed by atoms with E-state index in [1.54, 1.807) is 7.11 Å². The molecule has 20 heavy (non-hydrogen) atoms. The van der Waals surface area contributed by atoms with Gasteiger partial charge in [-0.2, -0.15) is 0 Å². The molecular formula is C16H25N3O. The van der Waals surface area contributed by atoms with E-state index in [2.05, 4.69) is 16.0 Å². The Bertz CT molecular complexity index is 412. The lowest BCUT2D eigenvalue weighted by atomic mass is 10.1. The molecular weight excluding hydrogens is 250 g/mol. The molecule has 0 radical (unpaired) electrons. The Balaban J connectivity index is 1.72. The third-order valence-electron chi connectivity index (χ3n) is 4.40. The lowest BCUT2D eigenvalue weighted by molar-refractivity contribution is 0.184. The molecule has 0 aromatic carbocycles. The third-order valence-corrected chi connectivity index (χ3v) is 4.40. The van der Waals surface area contributed by atoms with Gasteiger partial charge in [0.1, 0.15) is 0 Å². The van der Waals surface area contributed by atoms with Crippen molar-refractivity contribution in [3.8, 4) is 5.88 Å². The molecule has 0 amide bonds. The van der Waals surface area contributed by atoms with Crippen LogP contribution in [0.3, 0.4) is 0 Å². The molecule has 0 bridgehead atoms. The average molecular weight is 275 g/mol. The van der Waals surface area contributed by atoms with Crippen LogP contribution in [0.1, 0.15) is 37.3 Å². The molecule has 2 N–H and O–H groups in total. The lowest BCUT2D eigenvalue weighted by Crippen LogP contribution is -2.36. The molecule has 0 saturated heterocycles. The predicted molar refractivity (Wildman–Crippen MR) is 79.6 cm³/mol. The Labute approximate surface area is 121 Å². The van der Waals surface area contributed by atoms with E-state index in [9.17, 15) is 0 Å². The normalized spacial score (nSPS) is 20.1. The van der Waals surface area contributed by atoms with Gasteiger partial charge in [0.05, 0.1) is 7.11 Å². The van der Waals surface area contributed by atoms with Crippen molar-refractivity contribution in [2.75, 3.05) is 26.7 Å². The van der Waals surface area contributed by atoms with Crippen molar-refractivity contribution in [2.45, 2.75) is 31.7 Å². The van der Waals surface area contributed by atoms with Gasteiger partial charge in [-0.15, -0.1) is 0 Å². The van der Waals surface area contributed by atoms with Crippen LogP contribution >= 0.6 is 0 Å². The molecule has 0 spiro atoms. The van der Waals surface area contributed by atoms with Crippen LogP contribution in [0.25, 0.3) is 0 Å². The second kappa shape index (κ2) is 6.10. The van der Waals surface area contributed by atoms with Gasteiger partial charge in [-0.05, 0) is 43.1 Å². The van der Waals surface area contributed by atoms with E-state index < -0.39 is 0 Å². The highest BCUT2D eigenvalue weighted by Gasteiger charge is 2.32. The molecule has 3 rings (SSSR count). The summed E-state index contributed by atoms with van der Waals surface area (Å²) in [6, 6.07) is 4.34. The van der Waals surface area contributed by atoms with Crippen molar-refractivity contribution in [3.05, 3.63) is 23.9 Å². The fourth-order valence-corrected chi connectivity index (χ4v) is 2.80. The number of rotatable bonds is 8. The van der Waals surface area contributed by atoms with Crippen LogP contribution in [0.4, 0.5) is 0 Å². The van der Waals surface area contributed by atoms with Gasteiger partial charge >= 0.3 is 0 Å². The zero-order valence-corrected chi connectivity index (χ0v) is 12.3. The van der Waals surface area contributed by atoms with E-state index in [-0.39, 0.29) is 0 Å². The number of nitrogens with zero attached hydrogens (tertiary/aromatic N) is 2. The highest BCUT2D eigenvalue weighted by Crippen LogP contribution is 2.36. The standard InChI is InChI=1S/C16H25N3O/c1-20-16-7-6-14(9-18-16)15(8-17)19(10-12-2-3-12)11-13-4-5-13/h6-7,9,12-13,15H,2-5,8,10-11,17H2,1H3. The highest BCUT2D eigenvalue weighted by molar-refractivity contribution is 5.21. The number of aromatic nitrogens is 1. The Morgan fingerprint density at radius 2 is 1.90 bits per heavy atom. The molecule has 0 aliphatic heterocycles. The van der Waals surface area contributed by atoms with E-state index in [0.29, 0.717) is 18.5 Å². The molecule has 2 saturated carbocycles. The number of ether oxygens (including phenoxy) is 1. The molecule has 1 heterocycles. The van der Waals surface area contributed by atoms with Gasteiger partial charge in [0.15, 0.2) is 0 Å². The summed E-state index contributed by atoms with van der Waals surface area (Å²) in [7, 11) is 1.65. The minimum absolute atomic E-state index is 0.301. The van der Waals surface area contributed by atoms with Crippen molar-refractivity contribution >= 4 is 0 Å². The van der Waals surface area contributed by atoms with Crippen LogP contribution in [-0.4, -0.2) is 36.6 Å². The van der Waals surface area contributed by atoms with Crippen LogP contribution in [0.2, 0.25) is 0 Å². The van der Waals surface area contributed by atoms with Crippen molar-refractivity contribution in [3.63, 3.8) is 0 Å². The van der Waals surface area contributed by atoms with Gasteiger partial charge in [-0.25, -0.2) is 4.98 Å². The number of hydrogen-bond donors (Lipinski definition) is 1. The van der Waals surface area contributed by atoms with Crippen molar-refractivity contribution in [2.24, 2.45) is 17.6 Å². The second-order valence-corrected chi connectivity index (χ2v) is 6.23. The summed E-state index contributed by atoms with van der Waals surface area (Å²) >= 11 is 0. The zero-order chi connectivity index (χ0) is 13.9. The second-order valence-electron chi connectivity index (χ2n) is 6.23. The van der Waals surface area contributed by atoms with Gasteiger partial charge < -0.3 is 10.5 Å². The van der Waals surface area contributed by atoms with Gasteiger partial charge in [0.2, 0.25) is 5.88 Å². The van der Waals surface area contributed by atoms with Gasteiger partial charge in [-0.3, -0.25) is 4.90 Å². The number of hydrogen-bond acceptors (Lipinski definition) is 4. The summed E-state index contributed by atoms with van der Waals surface area (Å²) in [6.45, 7) is 3.06. The molecule has 2 aliphatic carbocycles. The van der Waals surface area contributed by atoms with E-state index >= 15 is 0 Å². The summed E-state index contributed by atoms with van der Waals surface area (Å²) in [4.78, 5) is 6.93. The van der Waals surface area contributed by atoms with Crippen LogP contribution in [-0.2, 0) is 0 Å². The minimum Gasteiger partial charge on any atom is -0.481 e. The summed E-state index contributed by atoms with van der Waals surface area (Å²) in [5, 5.41) is 0. The van der Waals surface area contributed by atoms with E-state index in [0.717, 1.165) is 11.8 Å². The van der Waals surface area contributed by atoms with Gasteiger partial charge in [0.25, 0.3) is 0 Å². The van der Waals surface area contributed by atoms with Crippen LogP contribution in [0, 0.1) is 11.8 Å². The maximum Gasteiger partial charge on any atom is 0.212 e. The first-order valence-electron chi connectivity index (χ1n) is 7.74. The van der Waals surface area contributed by atoms with Crippen LogP contribution in [0.5, 0.6) is 5.88 Å². The molecule has 1 aromatic heterocycles. The average Bonchev–Trinajstić information content (AvgIpc) is 3.36. The maximum atomic E-state index is 6.07. The summed E-state index contributed by atoms with van der Waals surface area (Å²) in [5.41, 5.74) is 7.29. The van der Waals surface area contributed by atoms with Gasteiger partial charge in [0, 0.05) is 37.9 Å². The molecule has 4 nitrogen and oxygen atoms in total. The molecule has 2 fully saturated rings. The molecule has 1 atom stereocenters. The van der Waals surface area contributed by atoms with E-state index in [1.165, 1.54) is 44.3 Å². The largest absolute Gasteiger partial charge is 0.481 e. The first-order valence-corrected chi connectivity index (χ1v) is 7.74. The summed E-state index contributed by atoms with van der Waals surface area (Å²) in [5.74, 6) is 2.46. The van der Waals surface area contributed by atoms with Crippen LogP contribution in [0.15, 0.2) is 18.3 Å². The number of pyridine rings is 1. The molecule has 1 aromatic rings. The predicted octanol–water partition coefficient (Wildman–Crippen LogP) is 2.21. The van der Waals surface area contributed by atoms with E-state index in [4.69, 9.17) is 10.5 Å². The van der Waals surface area contributed by atoms with Gasteiger partial charge in [-0.1, -0.05) is 6.07 Å². The molecule has 4 heteroatoms. The molecule has 110 valence electrons. The Morgan fingerprint density at radius 3 is 2.30 bits per heavy atom. The summed E-state index contributed by atoms with van der Waals surface area (Å²) in [6.07, 6.45) is 7.47. The summed E-state index contributed by atoms with van der Waals surface area (Å²) < 4.78 is 5.14. The Kier molecular flexibility index (Phi) is 4.22. The first kappa shape index (κ1) is 13.8. The van der Waals surface area contributed by atoms with Crippen molar-refractivity contribution in [1.29, 1.82) is 0 Å². The van der Waals surface area contributed by atoms with Crippen molar-refractivity contribution < 1.29 is 4.74 Å². The van der Waals surface area contributed by atoms with Crippen LogP contribution < -0.4 is 10.5 Å². The maximum absolute atomic E-state index is 6.07. The lowest BCUT2D eigenvalue weighted by Gasteiger charge is -2.31. The SMILES string of the molecule is COc1ccc(C(CN)N(CC2CC2)CC2CC2)cn1. The van der Waals surface area contributed by atoms with Crippen molar-refractivity contribution in [1.82, 2.24) is 9.88 Å². The quantitative estimate of drug-likeness (QED) is 0.790. The molecule has 1 unspecified atom stereocenters. The number of nitrogens with two attached hydrogens (primary N) is 1. The number of methoxy groups -OCH3 is 1. The fraction of sp³-hybridized carbons (Fsp3) is 0.688. The zero-order valence-electron chi connectivity index (χ0n) is 12.3. The Hall–Kier alpha value is -1.13.